The van der Waals surface area contributed by atoms with E-state index in [9.17, 15) is 4.79 Å². The molecule has 2 heterocycles. The van der Waals surface area contributed by atoms with Gasteiger partial charge in [-0.15, -0.1) is 11.3 Å². The lowest BCUT2D eigenvalue weighted by Crippen LogP contribution is -2.25. The number of aromatic nitrogens is 2. The number of nitrogens with one attached hydrogen (secondary N) is 1. The van der Waals surface area contributed by atoms with E-state index in [4.69, 9.17) is 0 Å². The van der Waals surface area contributed by atoms with Crippen molar-refractivity contribution in [1.29, 1.82) is 0 Å². The van der Waals surface area contributed by atoms with Gasteiger partial charge < -0.3 is 9.88 Å². The summed E-state index contributed by atoms with van der Waals surface area (Å²) in [5.74, 6) is 0.742. The second-order valence-electron chi connectivity index (χ2n) is 3.62. The minimum atomic E-state index is -0.0847. The molecule has 17 heavy (non-hydrogen) atoms. The minimum absolute atomic E-state index is 0.0847. The summed E-state index contributed by atoms with van der Waals surface area (Å²) in [6, 6.07) is 4.17. The van der Waals surface area contributed by atoms with Gasteiger partial charge in [0.05, 0.1) is 6.33 Å². The molecule has 6 heteroatoms. The zero-order valence-electron chi connectivity index (χ0n) is 9.31. The highest BCUT2D eigenvalue weighted by molar-refractivity contribution is 14.1. The molecule has 0 atom stereocenters. The van der Waals surface area contributed by atoms with E-state index in [0.29, 0.717) is 3.57 Å². The number of hydrogen-bond donors (Lipinski definition) is 1. The van der Waals surface area contributed by atoms with Gasteiger partial charge in [-0.2, -0.15) is 0 Å². The van der Waals surface area contributed by atoms with Crippen molar-refractivity contribution in [2.24, 2.45) is 0 Å². The van der Waals surface area contributed by atoms with Crippen molar-refractivity contribution in [3.8, 4) is 0 Å². The van der Waals surface area contributed by atoms with Crippen LogP contribution in [0, 0.1) is 3.57 Å². The third-order valence-electron chi connectivity index (χ3n) is 2.41. The average molecular weight is 361 g/mol. The van der Waals surface area contributed by atoms with Gasteiger partial charge in [0, 0.05) is 18.5 Å². The Hall–Kier alpha value is -0.890. The molecule has 0 aliphatic carbocycles. The minimum Gasteiger partial charge on any atom is -0.358 e. The van der Waals surface area contributed by atoms with Gasteiger partial charge in [0.25, 0.3) is 5.56 Å². The molecule has 0 saturated heterocycles. The van der Waals surface area contributed by atoms with Gasteiger partial charge in [0.15, 0.2) is 0 Å². The number of nitrogens with zero attached hydrogens (tertiary/aromatic N) is 2. The zero-order valence-corrected chi connectivity index (χ0v) is 12.3. The molecule has 2 rings (SSSR count). The fourth-order valence-electron chi connectivity index (χ4n) is 1.48. The first kappa shape index (κ1) is 12.6. The molecule has 0 saturated carbocycles. The first-order valence-electron chi connectivity index (χ1n) is 5.15. The first-order valence-corrected chi connectivity index (χ1v) is 7.11. The highest BCUT2D eigenvalue weighted by atomic mass is 127. The third-order valence-corrected chi connectivity index (χ3v) is 4.32. The Bertz CT molecular complexity index is 538. The van der Waals surface area contributed by atoms with Gasteiger partial charge in [-0.3, -0.25) is 4.79 Å². The molecule has 0 amide bonds. The standard InChI is InChI=1S/C11H12IN3OS/c1-15(5-4-8-3-2-6-17-8)10-9(12)11(16)14-7-13-10/h2-3,6-7H,4-5H2,1H3,(H,13,14,16). The van der Waals surface area contributed by atoms with Crippen molar-refractivity contribution < 1.29 is 0 Å². The quantitative estimate of drug-likeness (QED) is 0.849. The number of thiophene rings is 1. The molecule has 0 aliphatic rings. The van der Waals surface area contributed by atoms with Gasteiger partial charge in [0.2, 0.25) is 0 Å². The van der Waals surface area contributed by atoms with E-state index < -0.39 is 0 Å². The largest absolute Gasteiger partial charge is 0.358 e. The van der Waals surface area contributed by atoms with E-state index >= 15 is 0 Å². The molecule has 2 aromatic rings. The van der Waals surface area contributed by atoms with Crippen LogP contribution in [-0.4, -0.2) is 23.6 Å². The number of aromatic amines is 1. The summed E-state index contributed by atoms with van der Waals surface area (Å²) in [6.45, 7) is 0.854. The lowest BCUT2D eigenvalue weighted by Gasteiger charge is -2.18. The van der Waals surface area contributed by atoms with Crippen LogP contribution in [0.4, 0.5) is 5.82 Å². The van der Waals surface area contributed by atoms with E-state index in [1.54, 1.807) is 11.3 Å². The Labute approximate surface area is 117 Å². The van der Waals surface area contributed by atoms with E-state index in [1.165, 1.54) is 11.2 Å². The maximum absolute atomic E-state index is 11.4. The van der Waals surface area contributed by atoms with Crippen LogP contribution >= 0.6 is 33.9 Å². The summed E-state index contributed by atoms with van der Waals surface area (Å²) in [6.07, 6.45) is 2.42. The maximum Gasteiger partial charge on any atom is 0.266 e. The topological polar surface area (TPSA) is 49.0 Å². The van der Waals surface area contributed by atoms with Gasteiger partial charge in [0.1, 0.15) is 9.39 Å². The van der Waals surface area contributed by atoms with Crippen LogP contribution in [0.5, 0.6) is 0 Å². The van der Waals surface area contributed by atoms with Gasteiger partial charge in [-0.1, -0.05) is 6.07 Å². The summed E-state index contributed by atoms with van der Waals surface area (Å²) in [7, 11) is 1.96. The predicted molar refractivity (Wildman–Crippen MR) is 78.9 cm³/mol. The van der Waals surface area contributed by atoms with Gasteiger partial charge in [-0.25, -0.2) is 4.98 Å². The second kappa shape index (κ2) is 5.63. The summed E-state index contributed by atoms with van der Waals surface area (Å²) in [5, 5.41) is 2.07. The Balaban J connectivity index is 2.07. The molecular formula is C11H12IN3OS. The Kier molecular flexibility index (Phi) is 4.16. The number of hydrogen-bond acceptors (Lipinski definition) is 4. The van der Waals surface area contributed by atoms with E-state index in [1.807, 2.05) is 34.5 Å². The molecule has 0 unspecified atom stereocenters. The van der Waals surface area contributed by atoms with Crippen molar-refractivity contribution in [1.82, 2.24) is 9.97 Å². The molecule has 0 aromatic carbocycles. The molecule has 0 spiro atoms. The molecule has 0 bridgehead atoms. The van der Waals surface area contributed by atoms with Crippen molar-refractivity contribution in [3.05, 3.63) is 42.6 Å². The monoisotopic (exact) mass is 361 g/mol. The van der Waals surface area contributed by atoms with Crippen LogP contribution in [0.1, 0.15) is 4.88 Å². The van der Waals surface area contributed by atoms with Gasteiger partial charge >= 0.3 is 0 Å². The van der Waals surface area contributed by atoms with Crippen molar-refractivity contribution in [2.75, 3.05) is 18.5 Å². The molecule has 0 radical (unpaired) electrons. The van der Waals surface area contributed by atoms with Crippen LogP contribution < -0.4 is 10.5 Å². The highest BCUT2D eigenvalue weighted by Crippen LogP contribution is 2.15. The summed E-state index contributed by atoms with van der Waals surface area (Å²) in [4.78, 5) is 21.6. The Morgan fingerprint density at radius 2 is 2.41 bits per heavy atom. The second-order valence-corrected chi connectivity index (χ2v) is 5.73. The maximum atomic E-state index is 11.4. The molecule has 4 nitrogen and oxygen atoms in total. The summed E-state index contributed by atoms with van der Waals surface area (Å²) >= 11 is 3.78. The number of H-pyrrole nitrogens is 1. The fraction of sp³-hybridized carbons (Fsp3) is 0.273. The smallest absolute Gasteiger partial charge is 0.266 e. The normalized spacial score (nSPS) is 10.5. The molecule has 2 aromatic heterocycles. The third kappa shape index (κ3) is 3.06. The summed E-state index contributed by atoms with van der Waals surface area (Å²) < 4.78 is 0.638. The lowest BCUT2D eigenvalue weighted by molar-refractivity contribution is 0.856. The fourth-order valence-corrected chi connectivity index (χ4v) is 2.88. The molecule has 90 valence electrons. The average Bonchev–Trinajstić information content (AvgIpc) is 2.82. The van der Waals surface area contributed by atoms with Crippen molar-refractivity contribution >= 4 is 39.7 Å². The first-order chi connectivity index (χ1) is 8.18. The zero-order chi connectivity index (χ0) is 12.3. The number of halogens is 1. The van der Waals surface area contributed by atoms with E-state index in [0.717, 1.165) is 18.8 Å². The molecule has 0 fully saturated rings. The van der Waals surface area contributed by atoms with Crippen LogP contribution in [0.3, 0.4) is 0 Å². The SMILES string of the molecule is CN(CCc1cccs1)c1nc[nH]c(=O)c1I. The van der Waals surface area contributed by atoms with Gasteiger partial charge in [-0.05, 0) is 40.5 Å². The van der Waals surface area contributed by atoms with Crippen LogP contribution in [-0.2, 0) is 6.42 Å². The molecule has 0 aliphatic heterocycles. The molecular weight excluding hydrogens is 349 g/mol. The van der Waals surface area contributed by atoms with E-state index in [-0.39, 0.29) is 5.56 Å². The van der Waals surface area contributed by atoms with Crippen LogP contribution in [0.25, 0.3) is 0 Å². The van der Waals surface area contributed by atoms with Crippen molar-refractivity contribution in [3.63, 3.8) is 0 Å². The van der Waals surface area contributed by atoms with E-state index in [2.05, 4.69) is 27.5 Å². The lowest BCUT2D eigenvalue weighted by atomic mass is 10.3. The number of likely N-dealkylation sites (N-methyl/N-ethyl adjacent to an activating group) is 1. The Morgan fingerprint density at radius 3 is 3.12 bits per heavy atom. The van der Waals surface area contributed by atoms with Crippen molar-refractivity contribution in [2.45, 2.75) is 6.42 Å². The Morgan fingerprint density at radius 1 is 1.59 bits per heavy atom. The number of anilines is 1. The molecule has 1 N–H and O–H groups in total. The predicted octanol–water partition coefficient (Wildman–Crippen LogP) is 2.11. The number of rotatable bonds is 4. The summed E-state index contributed by atoms with van der Waals surface area (Å²) in [5.41, 5.74) is -0.0847. The van der Waals surface area contributed by atoms with Crippen LogP contribution in [0.2, 0.25) is 0 Å². The highest BCUT2D eigenvalue weighted by Gasteiger charge is 2.10. The van der Waals surface area contributed by atoms with Crippen LogP contribution in [0.15, 0.2) is 28.6 Å².